The van der Waals surface area contributed by atoms with E-state index in [1.807, 2.05) is 0 Å². The van der Waals surface area contributed by atoms with Gasteiger partial charge in [-0.2, -0.15) is 0 Å². The highest BCUT2D eigenvalue weighted by molar-refractivity contribution is 7.91. The SMILES string of the molecule is O=C(NC1CCS(=O)(=O)C1)N1CCN(c2ccc(F)cc2F)CC1. The minimum atomic E-state index is -3.04. The van der Waals surface area contributed by atoms with Gasteiger partial charge in [0.1, 0.15) is 11.6 Å². The molecule has 1 atom stereocenters. The van der Waals surface area contributed by atoms with Crippen LogP contribution in [-0.2, 0) is 9.84 Å². The third-order valence-electron chi connectivity index (χ3n) is 4.38. The van der Waals surface area contributed by atoms with E-state index in [2.05, 4.69) is 5.32 Å². The van der Waals surface area contributed by atoms with E-state index in [1.54, 1.807) is 9.80 Å². The zero-order valence-electron chi connectivity index (χ0n) is 13.0. The van der Waals surface area contributed by atoms with Gasteiger partial charge in [0.05, 0.1) is 17.2 Å². The molecule has 2 amide bonds. The number of halogens is 2. The van der Waals surface area contributed by atoms with Gasteiger partial charge in [-0.3, -0.25) is 0 Å². The maximum absolute atomic E-state index is 13.8. The number of carbonyl (C=O) groups excluding carboxylic acids is 1. The topological polar surface area (TPSA) is 69.7 Å². The number of benzene rings is 1. The maximum Gasteiger partial charge on any atom is 0.317 e. The van der Waals surface area contributed by atoms with Crippen molar-refractivity contribution >= 4 is 21.6 Å². The van der Waals surface area contributed by atoms with Crippen LogP contribution in [0.5, 0.6) is 0 Å². The third kappa shape index (κ3) is 3.77. The molecule has 2 fully saturated rings. The van der Waals surface area contributed by atoms with Gasteiger partial charge in [-0.1, -0.05) is 0 Å². The molecule has 2 aliphatic heterocycles. The van der Waals surface area contributed by atoms with Gasteiger partial charge >= 0.3 is 6.03 Å². The van der Waals surface area contributed by atoms with Crippen molar-refractivity contribution in [3.8, 4) is 0 Å². The van der Waals surface area contributed by atoms with Crippen molar-refractivity contribution in [1.82, 2.24) is 10.2 Å². The van der Waals surface area contributed by atoms with Crippen molar-refractivity contribution in [2.45, 2.75) is 12.5 Å². The molecule has 1 N–H and O–H groups in total. The number of piperazine rings is 1. The average molecular weight is 359 g/mol. The number of rotatable bonds is 2. The summed E-state index contributed by atoms with van der Waals surface area (Å²) in [5, 5.41) is 2.74. The third-order valence-corrected chi connectivity index (χ3v) is 6.15. The Morgan fingerprint density at radius 3 is 2.46 bits per heavy atom. The van der Waals surface area contributed by atoms with E-state index in [1.165, 1.54) is 12.1 Å². The maximum atomic E-state index is 13.8. The molecule has 132 valence electrons. The Hall–Kier alpha value is -1.90. The summed E-state index contributed by atoms with van der Waals surface area (Å²) < 4.78 is 49.6. The van der Waals surface area contributed by atoms with Gasteiger partial charge in [-0.05, 0) is 18.6 Å². The van der Waals surface area contributed by atoms with E-state index in [4.69, 9.17) is 0 Å². The van der Waals surface area contributed by atoms with Crippen LogP contribution in [0.4, 0.5) is 19.3 Å². The number of urea groups is 1. The van der Waals surface area contributed by atoms with E-state index in [-0.39, 0.29) is 23.6 Å². The molecular weight excluding hydrogens is 340 g/mol. The van der Waals surface area contributed by atoms with Crippen LogP contribution < -0.4 is 10.2 Å². The molecule has 2 saturated heterocycles. The summed E-state index contributed by atoms with van der Waals surface area (Å²) in [7, 11) is -3.04. The van der Waals surface area contributed by atoms with Crippen LogP contribution in [0, 0.1) is 11.6 Å². The van der Waals surface area contributed by atoms with Gasteiger partial charge in [-0.25, -0.2) is 22.0 Å². The number of nitrogens with one attached hydrogen (secondary N) is 1. The van der Waals surface area contributed by atoms with Crippen molar-refractivity contribution in [1.29, 1.82) is 0 Å². The standard InChI is InChI=1S/C15H19F2N3O3S/c16-11-1-2-14(13(17)9-11)19-4-6-20(7-5-19)15(21)18-12-3-8-24(22,23)10-12/h1-2,9,12H,3-8,10H2,(H,18,21). The van der Waals surface area contributed by atoms with Gasteiger partial charge in [0, 0.05) is 38.3 Å². The zero-order valence-corrected chi connectivity index (χ0v) is 13.9. The van der Waals surface area contributed by atoms with Crippen LogP contribution in [0.1, 0.15) is 6.42 Å². The normalized spacial score (nSPS) is 23.3. The number of hydrogen-bond donors (Lipinski definition) is 1. The molecule has 1 unspecified atom stereocenters. The van der Waals surface area contributed by atoms with Gasteiger partial charge in [0.2, 0.25) is 0 Å². The lowest BCUT2D eigenvalue weighted by atomic mass is 10.2. The van der Waals surface area contributed by atoms with Gasteiger partial charge in [0.15, 0.2) is 9.84 Å². The Labute approximate surface area is 139 Å². The predicted octanol–water partition coefficient (Wildman–Crippen LogP) is 0.984. The van der Waals surface area contributed by atoms with Crippen molar-refractivity contribution in [3.63, 3.8) is 0 Å². The summed E-state index contributed by atoms with van der Waals surface area (Å²) in [5.41, 5.74) is 0.318. The number of hydrogen-bond acceptors (Lipinski definition) is 4. The fourth-order valence-electron chi connectivity index (χ4n) is 3.06. The monoisotopic (exact) mass is 359 g/mol. The second-order valence-corrected chi connectivity index (χ2v) is 8.35. The average Bonchev–Trinajstić information content (AvgIpc) is 2.86. The van der Waals surface area contributed by atoms with E-state index in [9.17, 15) is 22.0 Å². The summed E-state index contributed by atoms with van der Waals surface area (Å²) in [6.07, 6.45) is 0.439. The van der Waals surface area contributed by atoms with Crippen LogP contribution >= 0.6 is 0 Å². The van der Waals surface area contributed by atoms with Crippen molar-refractivity contribution in [2.24, 2.45) is 0 Å². The molecule has 0 radical (unpaired) electrons. The molecule has 0 bridgehead atoms. The Balaban J connectivity index is 1.54. The lowest BCUT2D eigenvalue weighted by Gasteiger charge is -2.36. The highest BCUT2D eigenvalue weighted by Gasteiger charge is 2.31. The first kappa shape index (κ1) is 16.9. The van der Waals surface area contributed by atoms with Gasteiger partial charge in [-0.15, -0.1) is 0 Å². The first-order chi connectivity index (χ1) is 11.3. The summed E-state index contributed by atoms with van der Waals surface area (Å²) >= 11 is 0. The van der Waals surface area contributed by atoms with Crippen LogP contribution in [-0.4, -0.2) is 63.1 Å². The predicted molar refractivity (Wildman–Crippen MR) is 85.7 cm³/mol. The molecule has 2 aliphatic rings. The number of nitrogens with zero attached hydrogens (tertiary/aromatic N) is 2. The molecule has 0 aliphatic carbocycles. The molecule has 6 nitrogen and oxygen atoms in total. The molecule has 9 heteroatoms. The lowest BCUT2D eigenvalue weighted by molar-refractivity contribution is 0.191. The summed E-state index contributed by atoms with van der Waals surface area (Å²) in [4.78, 5) is 15.5. The van der Waals surface area contributed by atoms with Crippen LogP contribution in [0.3, 0.4) is 0 Å². The highest BCUT2D eigenvalue weighted by atomic mass is 32.2. The van der Waals surface area contributed by atoms with Crippen molar-refractivity contribution in [2.75, 3.05) is 42.6 Å². The Bertz CT molecular complexity index is 733. The Kier molecular flexibility index (Phi) is 4.62. The van der Waals surface area contributed by atoms with E-state index >= 15 is 0 Å². The van der Waals surface area contributed by atoms with Gasteiger partial charge < -0.3 is 15.1 Å². The number of carbonyl (C=O) groups is 1. The smallest absolute Gasteiger partial charge is 0.317 e. The summed E-state index contributed by atoms with van der Waals surface area (Å²) in [6.45, 7) is 1.64. The molecule has 1 aromatic carbocycles. The highest BCUT2D eigenvalue weighted by Crippen LogP contribution is 2.21. The minimum Gasteiger partial charge on any atom is -0.366 e. The number of amides is 2. The fraction of sp³-hybridized carbons (Fsp3) is 0.533. The summed E-state index contributed by atoms with van der Waals surface area (Å²) in [6, 6.07) is 2.81. The van der Waals surface area contributed by atoms with Crippen LogP contribution in [0.15, 0.2) is 18.2 Å². The molecule has 1 aromatic rings. The van der Waals surface area contributed by atoms with Crippen molar-refractivity contribution in [3.05, 3.63) is 29.8 Å². The second kappa shape index (κ2) is 6.54. The van der Waals surface area contributed by atoms with E-state index in [0.717, 1.165) is 6.07 Å². The first-order valence-electron chi connectivity index (χ1n) is 7.80. The molecule has 0 saturated carbocycles. The van der Waals surface area contributed by atoms with Crippen molar-refractivity contribution < 1.29 is 22.0 Å². The Morgan fingerprint density at radius 1 is 1.17 bits per heavy atom. The number of sulfone groups is 1. The second-order valence-electron chi connectivity index (χ2n) is 6.12. The van der Waals surface area contributed by atoms with E-state index in [0.29, 0.717) is 38.3 Å². The first-order valence-corrected chi connectivity index (χ1v) is 9.62. The molecule has 0 aromatic heterocycles. The summed E-state index contributed by atoms with van der Waals surface area (Å²) in [5.74, 6) is -1.15. The molecule has 2 heterocycles. The molecule has 3 rings (SSSR count). The van der Waals surface area contributed by atoms with Crippen LogP contribution in [0.2, 0.25) is 0 Å². The van der Waals surface area contributed by atoms with E-state index < -0.39 is 21.5 Å². The minimum absolute atomic E-state index is 0.0144. The molecule has 0 spiro atoms. The largest absolute Gasteiger partial charge is 0.366 e. The molecular formula is C15H19F2N3O3S. The van der Waals surface area contributed by atoms with Crippen LogP contribution in [0.25, 0.3) is 0 Å². The fourth-order valence-corrected chi connectivity index (χ4v) is 4.74. The number of anilines is 1. The lowest BCUT2D eigenvalue weighted by Crippen LogP contribution is -2.53. The van der Waals surface area contributed by atoms with Gasteiger partial charge in [0.25, 0.3) is 0 Å². The Morgan fingerprint density at radius 2 is 1.88 bits per heavy atom. The quantitative estimate of drug-likeness (QED) is 0.855. The zero-order chi connectivity index (χ0) is 17.3. The molecule has 24 heavy (non-hydrogen) atoms.